The lowest BCUT2D eigenvalue weighted by Gasteiger charge is -2.33. The topological polar surface area (TPSA) is 87.1 Å². The molecule has 6 nitrogen and oxygen atoms in total. The Morgan fingerprint density at radius 3 is 2.93 bits per heavy atom. The van der Waals surface area contributed by atoms with Gasteiger partial charge < -0.3 is 14.9 Å². The molecule has 0 aromatic rings. The summed E-state index contributed by atoms with van der Waals surface area (Å²) >= 11 is 0. The van der Waals surface area contributed by atoms with Crippen LogP contribution in [-0.4, -0.2) is 45.9 Å². The number of aliphatic carboxylic acids is 1. The van der Waals surface area contributed by atoms with Crippen LogP contribution in [-0.2, 0) is 14.3 Å². The molecule has 0 radical (unpaired) electrons. The number of ether oxygens (including phenoxy) is 1. The summed E-state index contributed by atoms with van der Waals surface area (Å²) in [5, 5.41) is 17.5. The molecule has 0 aliphatic carbocycles. The second-order valence-corrected chi connectivity index (χ2v) is 3.11. The second-order valence-electron chi connectivity index (χ2n) is 3.11. The fourth-order valence-corrected chi connectivity index (χ4v) is 1.66. The van der Waals surface area contributed by atoms with Crippen LogP contribution in [0.2, 0.25) is 0 Å². The Morgan fingerprint density at radius 1 is 1.71 bits per heavy atom. The van der Waals surface area contributed by atoms with Crippen LogP contribution < -0.4 is 0 Å². The highest BCUT2D eigenvalue weighted by Crippen LogP contribution is 2.36. The standard InChI is InChI=1S/C8H9NO5/c10-2-1-4-7(8(12)13)9-5(11)3-6(9)14-4/h1,6-7,10H,2-3H2,(H,12,13)/b4-1+/t6-,7+/m0/s1. The van der Waals surface area contributed by atoms with Gasteiger partial charge in [0.25, 0.3) is 0 Å². The predicted octanol–water partition coefficient (Wildman–Crippen LogP) is -1.10. The highest BCUT2D eigenvalue weighted by atomic mass is 16.5. The van der Waals surface area contributed by atoms with Crippen molar-refractivity contribution in [2.75, 3.05) is 6.61 Å². The monoisotopic (exact) mass is 199 g/mol. The number of carboxylic acids is 1. The molecule has 0 unspecified atom stereocenters. The largest absolute Gasteiger partial charge is 0.479 e. The average molecular weight is 199 g/mol. The molecular weight excluding hydrogens is 190 g/mol. The van der Waals surface area contributed by atoms with Crippen LogP contribution in [0.5, 0.6) is 0 Å². The van der Waals surface area contributed by atoms with Crippen molar-refractivity contribution in [3.05, 3.63) is 11.8 Å². The van der Waals surface area contributed by atoms with E-state index in [1.54, 1.807) is 0 Å². The van der Waals surface area contributed by atoms with E-state index in [-0.39, 0.29) is 24.7 Å². The van der Waals surface area contributed by atoms with Gasteiger partial charge in [0.15, 0.2) is 12.3 Å². The molecule has 2 N–H and O–H groups in total. The summed E-state index contributed by atoms with van der Waals surface area (Å²) in [5.41, 5.74) is 0. The number of β-lactam (4-membered cyclic amide) rings is 1. The number of nitrogens with zero attached hydrogens (tertiary/aromatic N) is 1. The number of carbonyl (C=O) groups is 2. The fraction of sp³-hybridized carbons (Fsp3) is 0.500. The predicted molar refractivity (Wildman–Crippen MR) is 42.9 cm³/mol. The summed E-state index contributed by atoms with van der Waals surface area (Å²) in [7, 11) is 0. The molecule has 2 atom stereocenters. The van der Waals surface area contributed by atoms with Crippen LogP contribution in [0.3, 0.4) is 0 Å². The van der Waals surface area contributed by atoms with E-state index in [4.69, 9.17) is 14.9 Å². The van der Waals surface area contributed by atoms with Gasteiger partial charge in [-0.3, -0.25) is 9.69 Å². The number of aliphatic hydroxyl groups excluding tert-OH is 1. The van der Waals surface area contributed by atoms with E-state index in [2.05, 4.69) is 0 Å². The number of hydrogen-bond acceptors (Lipinski definition) is 4. The van der Waals surface area contributed by atoms with Crippen LogP contribution in [0.1, 0.15) is 6.42 Å². The zero-order valence-electron chi connectivity index (χ0n) is 7.21. The van der Waals surface area contributed by atoms with Gasteiger partial charge in [0.1, 0.15) is 5.76 Å². The van der Waals surface area contributed by atoms with Crippen LogP contribution in [0.25, 0.3) is 0 Å². The van der Waals surface area contributed by atoms with Crippen LogP contribution in [0.15, 0.2) is 11.8 Å². The third kappa shape index (κ3) is 1.07. The quantitative estimate of drug-likeness (QED) is 0.551. The number of carboxylic acid groups (broad SMARTS) is 1. The van der Waals surface area contributed by atoms with E-state index in [0.717, 1.165) is 0 Å². The molecule has 14 heavy (non-hydrogen) atoms. The Bertz CT molecular complexity index is 324. The molecule has 0 aromatic heterocycles. The smallest absolute Gasteiger partial charge is 0.334 e. The zero-order valence-corrected chi connectivity index (χ0v) is 7.21. The van der Waals surface area contributed by atoms with Crippen molar-refractivity contribution < 1.29 is 24.5 Å². The lowest BCUT2D eigenvalue weighted by Crippen LogP contribution is -2.54. The first-order chi connectivity index (χ1) is 6.65. The highest BCUT2D eigenvalue weighted by molar-refractivity contribution is 5.91. The summed E-state index contributed by atoms with van der Waals surface area (Å²) < 4.78 is 5.17. The van der Waals surface area contributed by atoms with Crippen LogP contribution in [0.4, 0.5) is 0 Å². The molecule has 0 aromatic carbocycles. The normalized spacial score (nSPS) is 32.5. The number of hydrogen-bond donors (Lipinski definition) is 2. The lowest BCUT2D eigenvalue weighted by molar-refractivity contribution is -0.163. The van der Waals surface area contributed by atoms with Gasteiger partial charge in [0, 0.05) is 0 Å². The minimum atomic E-state index is -1.14. The van der Waals surface area contributed by atoms with Crippen molar-refractivity contribution in [3.63, 3.8) is 0 Å². The molecule has 0 saturated carbocycles. The summed E-state index contributed by atoms with van der Waals surface area (Å²) in [6, 6.07) is -1.06. The summed E-state index contributed by atoms with van der Waals surface area (Å²) in [5.74, 6) is -1.22. The lowest BCUT2D eigenvalue weighted by atomic mass is 10.1. The molecule has 1 amide bonds. The van der Waals surface area contributed by atoms with Gasteiger partial charge in [0.2, 0.25) is 5.91 Å². The molecule has 76 valence electrons. The molecule has 2 saturated heterocycles. The van der Waals surface area contributed by atoms with Gasteiger partial charge >= 0.3 is 5.97 Å². The Balaban J connectivity index is 2.26. The van der Waals surface area contributed by atoms with Crippen LogP contribution >= 0.6 is 0 Å². The highest BCUT2D eigenvalue weighted by Gasteiger charge is 2.53. The first-order valence-electron chi connectivity index (χ1n) is 4.16. The summed E-state index contributed by atoms with van der Waals surface area (Å²) in [6.45, 7) is -0.298. The van der Waals surface area contributed by atoms with Gasteiger partial charge in [-0.05, 0) is 6.08 Å². The Kier molecular flexibility index (Phi) is 1.92. The minimum Gasteiger partial charge on any atom is -0.479 e. The molecule has 6 heteroatoms. The van der Waals surface area contributed by atoms with Gasteiger partial charge in [-0.2, -0.15) is 0 Å². The molecule has 2 rings (SSSR count). The molecule has 2 aliphatic heterocycles. The maximum absolute atomic E-state index is 11.1. The Hall–Kier alpha value is -1.56. The maximum Gasteiger partial charge on any atom is 0.334 e. The first kappa shape index (κ1) is 9.01. The number of aliphatic hydroxyl groups is 1. The zero-order chi connectivity index (χ0) is 10.3. The fourth-order valence-electron chi connectivity index (χ4n) is 1.66. The van der Waals surface area contributed by atoms with E-state index in [9.17, 15) is 9.59 Å². The van der Waals surface area contributed by atoms with E-state index in [0.29, 0.717) is 0 Å². The third-order valence-electron chi connectivity index (χ3n) is 2.29. The SMILES string of the molecule is O=C(O)[C@H]1/C(=C\CO)O[C@H]2CC(=O)N21. The van der Waals surface area contributed by atoms with Crippen molar-refractivity contribution in [1.82, 2.24) is 4.90 Å². The molecule has 2 fully saturated rings. The maximum atomic E-state index is 11.1. The molecule has 2 heterocycles. The second kappa shape index (κ2) is 2.98. The van der Waals surface area contributed by atoms with Gasteiger partial charge in [0.05, 0.1) is 13.0 Å². The summed E-state index contributed by atoms with van der Waals surface area (Å²) in [6.07, 6.45) is 1.03. The number of carbonyl (C=O) groups excluding carboxylic acids is 1. The number of fused-ring (bicyclic) bond motifs is 1. The van der Waals surface area contributed by atoms with E-state index < -0.39 is 18.2 Å². The van der Waals surface area contributed by atoms with E-state index >= 15 is 0 Å². The molecule has 2 aliphatic rings. The first-order valence-corrected chi connectivity index (χ1v) is 4.16. The van der Waals surface area contributed by atoms with E-state index in [1.807, 2.05) is 0 Å². The number of rotatable bonds is 2. The van der Waals surface area contributed by atoms with Crippen molar-refractivity contribution in [3.8, 4) is 0 Å². The van der Waals surface area contributed by atoms with Gasteiger partial charge in [-0.15, -0.1) is 0 Å². The molecule has 0 spiro atoms. The number of amides is 1. The minimum absolute atomic E-state index is 0.149. The molecular formula is C8H9NO5. The van der Waals surface area contributed by atoms with Crippen molar-refractivity contribution in [2.24, 2.45) is 0 Å². The third-order valence-corrected chi connectivity index (χ3v) is 2.29. The molecule has 0 bridgehead atoms. The summed E-state index contributed by atoms with van der Waals surface area (Å²) in [4.78, 5) is 23.1. The van der Waals surface area contributed by atoms with Gasteiger partial charge in [-0.25, -0.2) is 4.79 Å². The van der Waals surface area contributed by atoms with E-state index in [1.165, 1.54) is 11.0 Å². The van der Waals surface area contributed by atoms with Crippen molar-refractivity contribution >= 4 is 11.9 Å². The van der Waals surface area contributed by atoms with Crippen molar-refractivity contribution in [2.45, 2.75) is 18.7 Å². The Labute approximate surface area is 79.4 Å². The van der Waals surface area contributed by atoms with Crippen molar-refractivity contribution in [1.29, 1.82) is 0 Å². The average Bonchev–Trinajstić information content (AvgIpc) is 2.39. The van der Waals surface area contributed by atoms with Crippen LogP contribution in [0, 0.1) is 0 Å². The Morgan fingerprint density at radius 2 is 2.43 bits per heavy atom. The van der Waals surface area contributed by atoms with Gasteiger partial charge in [-0.1, -0.05) is 0 Å².